The van der Waals surface area contributed by atoms with Crippen LogP contribution in [0.2, 0.25) is 0 Å². The third-order valence-corrected chi connectivity index (χ3v) is 4.29. The van der Waals surface area contributed by atoms with E-state index in [4.69, 9.17) is 5.26 Å². The summed E-state index contributed by atoms with van der Waals surface area (Å²) in [6.45, 7) is 5.12. The minimum absolute atomic E-state index is 0.0362. The number of aromatic nitrogens is 2. The lowest BCUT2D eigenvalue weighted by Crippen LogP contribution is -2.37. The predicted molar refractivity (Wildman–Crippen MR) is 90.3 cm³/mol. The Bertz CT molecular complexity index is 850. The van der Waals surface area contributed by atoms with Gasteiger partial charge >= 0.3 is 0 Å². The maximum absolute atomic E-state index is 12.5. The van der Waals surface area contributed by atoms with Gasteiger partial charge in [-0.25, -0.2) is 4.68 Å². The summed E-state index contributed by atoms with van der Waals surface area (Å²) < 4.78 is 1.07. The van der Waals surface area contributed by atoms with E-state index in [-0.39, 0.29) is 24.1 Å². The summed E-state index contributed by atoms with van der Waals surface area (Å²) in [6.07, 6.45) is 0. The second-order valence-electron chi connectivity index (χ2n) is 5.75. The van der Waals surface area contributed by atoms with Crippen molar-refractivity contribution < 1.29 is 4.79 Å². The molecule has 1 unspecified atom stereocenters. The number of hydrogen-bond acceptors (Lipinski definition) is 4. The fourth-order valence-corrected chi connectivity index (χ4v) is 2.42. The van der Waals surface area contributed by atoms with Gasteiger partial charge in [0.05, 0.1) is 11.7 Å². The number of rotatable bonds is 4. The molecule has 6 heteroatoms. The van der Waals surface area contributed by atoms with Crippen molar-refractivity contribution in [3.05, 3.63) is 63.1 Å². The highest BCUT2D eigenvalue weighted by molar-refractivity contribution is 5.76. The van der Waals surface area contributed by atoms with Crippen molar-refractivity contribution in [3.8, 4) is 6.07 Å². The number of nitrogens with zero attached hydrogens (tertiary/aromatic N) is 4. The van der Waals surface area contributed by atoms with Gasteiger partial charge in [-0.05, 0) is 31.9 Å². The molecule has 1 atom stereocenters. The summed E-state index contributed by atoms with van der Waals surface area (Å²) in [5.41, 5.74) is 1.63. The molecule has 0 saturated carbocycles. The first-order valence-corrected chi connectivity index (χ1v) is 7.65. The highest BCUT2D eigenvalue weighted by atomic mass is 16.2. The van der Waals surface area contributed by atoms with Gasteiger partial charge in [-0.15, -0.1) is 0 Å². The second kappa shape index (κ2) is 7.09. The smallest absolute Gasteiger partial charge is 0.285 e. The number of carbonyl (C=O) groups is 1. The molecule has 1 heterocycles. The molecule has 0 fully saturated rings. The van der Waals surface area contributed by atoms with Crippen LogP contribution in [0.1, 0.15) is 35.3 Å². The summed E-state index contributed by atoms with van der Waals surface area (Å²) in [5, 5.41) is 13.3. The van der Waals surface area contributed by atoms with Gasteiger partial charge in [-0.1, -0.05) is 30.3 Å². The maximum Gasteiger partial charge on any atom is 0.285 e. The van der Waals surface area contributed by atoms with Crippen LogP contribution < -0.4 is 5.56 Å². The van der Waals surface area contributed by atoms with E-state index in [2.05, 4.69) is 5.10 Å². The Morgan fingerprint density at radius 2 is 1.96 bits per heavy atom. The van der Waals surface area contributed by atoms with Gasteiger partial charge in [-0.2, -0.15) is 10.4 Å². The van der Waals surface area contributed by atoms with Gasteiger partial charge in [-0.3, -0.25) is 9.59 Å². The van der Waals surface area contributed by atoms with Gasteiger partial charge in [0.2, 0.25) is 5.91 Å². The second-order valence-corrected chi connectivity index (χ2v) is 5.75. The van der Waals surface area contributed by atoms with Gasteiger partial charge < -0.3 is 4.90 Å². The molecule has 2 aromatic rings. The molecule has 24 heavy (non-hydrogen) atoms. The molecule has 0 saturated heterocycles. The Morgan fingerprint density at radius 3 is 2.54 bits per heavy atom. The maximum atomic E-state index is 12.5. The number of nitriles is 1. The zero-order chi connectivity index (χ0) is 17.9. The minimum atomic E-state index is -0.533. The topological polar surface area (TPSA) is 79.0 Å². The van der Waals surface area contributed by atoms with Crippen molar-refractivity contribution in [2.75, 3.05) is 7.05 Å². The quantitative estimate of drug-likeness (QED) is 0.861. The first kappa shape index (κ1) is 17.4. The summed E-state index contributed by atoms with van der Waals surface area (Å²) in [5.74, 6) is -0.243. The number of benzene rings is 1. The van der Waals surface area contributed by atoms with E-state index in [1.165, 1.54) is 0 Å². The van der Waals surface area contributed by atoms with Crippen molar-refractivity contribution in [1.82, 2.24) is 14.7 Å². The van der Waals surface area contributed by atoms with Gasteiger partial charge in [0.15, 0.2) is 0 Å². The van der Waals surface area contributed by atoms with E-state index < -0.39 is 5.56 Å². The van der Waals surface area contributed by atoms with Crippen molar-refractivity contribution >= 4 is 5.91 Å². The largest absolute Gasteiger partial charge is 0.337 e. The lowest BCUT2D eigenvalue weighted by Gasteiger charge is -2.25. The molecule has 124 valence electrons. The molecule has 0 aliphatic heterocycles. The molecule has 0 bridgehead atoms. The summed E-state index contributed by atoms with van der Waals surface area (Å²) in [7, 11) is 1.69. The number of amides is 1. The van der Waals surface area contributed by atoms with Crippen molar-refractivity contribution in [2.45, 2.75) is 33.4 Å². The van der Waals surface area contributed by atoms with Crippen LogP contribution in [0, 0.1) is 25.2 Å². The van der Waals surface area contributed by atoms with Crippen LogP contribution >= 0.6 is 0 Å². The zero-order valence-electron chi connectivity index (χ0n) is 14.3. The Hall–Kier alpha value is -2.94. The van der Waals surface area contributed by atoms with Crippen LogP contribution in [0.5, 0.6) is 0 Å². The normalized spacial score (nSPS) is 11.6. The Balaban J connectivity index is 2.26. The van der Waals surface area contributed by atoms with Crippen LogP contribution in [0.15, 0.2) is 35.1 Å². The van der Waals surface area contributed by atoms with E-state index in [0.29, 0.717) is 11.3 Å². The number of carbonyl (C=O) groups excluding carboxylic acids is 1. The summed E-state index contributed by atoms with van der Waals surface area (Å²) >= 11 is 0. The van der Waals surface area contributed by atoms with E-state index in [1.54, 1.807) is 25.8 Å². The summed E-state index contributed by atoms with van der Waals surface area (Å²) in [6, 6.07) is 11.4. The molecule has 1 aromatic heterocycles. The molecule has 1 amide bonds. The first-order valence-electron chi connectivity index (χ1n) is 7.65. The molecule has 0 radical (unpaired) electrons. The van der Waals surface area contributed by atoms with Crippen molar-refractivity contribution in [1.29, 1.82) is 5.26 Å². The predicted octanol–water partition coefficient (Wildman–Crippen LogP) is 1.95. The Morgan fingerprint density at radius 1 is 1.33 bits per heavy atom. The summed E-state index contributed by atoms with van der Waals surface area (Å²) in [4.78, 5) is 26.4. The molecule has 0 N–H and O–H groups in total. The van der Waals surface area contributed by atoms with Gasteiger partial charge in [0.25, 0.3) is 5.56 Å². The number of hydrogen-bond donors (Lipinski definition) is 0. The molecular weight excluding hydrogens is 304 g/mol. The lowest BCUT2D eigenvalue weighted by atomic mass is 10.1. The van der Waals surface area contributed by atoms with Crippen LogP contribution in [-0.2, 0) is 11.3 Å². The lowest BCUT2D eigenvalue weighted by molar-refractivity contribution is -0.132. The van der Waals surface area contributed by atoms with E-state index >= 15 is 0 Å². The van der Waals surface area contributed by atoms with E-state index in [9.17, 15) is 9.59 Å². The first-order chi connectivity index (χ1) is 11.4. The Kier molecular flexibility index (Phi) is 5.14. The third kappa shape index (κ3) is 3.35. The van der Waals surface area contributed by atoms with Crippen LogP contribution in [0.25, 0.3) is 0 Å². The fraction of sp³-hybridized carbons (Fsp3) is 0.333. The number of likely N-dealkylation sites (N-methyl/N-ethyl adjacent to an activating group) is 1. The van der Waals surface area contributed by atoms with E-state index in [1.807, 2.05) is 43.3 Å². The van der Waals surface area contributed by atoms with Gasteiger partial charge in [0.1, 0.15) is 18.2 Å². The van der Waals surface area contributed by atoms with Gasteiger partial charge in [0, 0.05) is 7.05 Å². The molecule has 0 spiro atoms. The van der Waals surface area contributed by atoms with Crippen LogP contribution in [0.4, 0.5) is 0 Å². The zero-order valence-corrected chi connectivity index (χ0v) is 14.3. The highest BCUT2D eigenvalue weighted by Gasteiger charge is 2.20. The van der Waals surface area contributed by atoms with Crippen LogP contribution in [0.3, 0.4) is 0 Å². The van der Waals surface area contributed by atoms with E-state index in [0.717, 1.165) is 10.2 Å². The third-order valence-electron chi connectivity index (χ3n) is 4.29. The average molecular weight is 324 g/mol. The minimum Gasteiger partial charge on any atom is -0.337 e. The fourth-order valence-electron chi connectivity index (χ4n) is 2.42. The number of aryl methyl sites for hydroxylation is 1. The molecule has 0 aliphatic carbocycles. The highest BCUT2D eigenvalue weighted by Crippen LogP contribution is 2.18. The standard InChI is InChI=1S/C18H20N4O2/c1-12-13(2)20-22(18(24)16(12)10-19)11-17(23)21(4)14(3)15-8-6-5-7-9-15/h5-9,14H,11H2,1-4H3. The van der Waals surface area contributed by atoms with Crippen molar-refractivity contribution in [2.24, 2.45) is 0 Å². The van der Waals surface area contributed by atoms with Crippen molar-refractivity contribution in [3.63, 3.8) is 0 Å². The molecule has 2 rings (SSSR count). The molecule has 1 aromatic carbocycles. The molecule has 6 nitrogen and oxygen atoms in total. The molecular formula is C18H20N4O2. The van der Waals surface area contributed by atoms with Crippen LogP contribution in [-0.4, -0.2) is 27.6 Å². The molecule has 0 aliphatic rings. The monoisotopic (exact) mass is 324 g/mol. The average Bonchev–Trinajstić information content (AvgIpc) is 2.59. The Labute approximate surface area is 141 Å². The SMILES string of the molecule is Cc1nn(CC(=O)N(C)C(C)c2ccccc2)c(=O)c(C#N)c1C.